The zero-order chi connectivity index (χ0) is 17.6. The highest BCUT2D eigenvalue weighted by molar-refractivity contribution is 5.97. The molecule has 0 aliphatic heterocycles. The molecule has 0 atom stereocenters. The van der Waals surface area contributed by atoms with Crippen molar-refractivity contribution in [1.82, 2.24) is 10.2 Å². The second-order valence-corrected chi connectivity index (χ2v) is 4.53. The Balaban J connectivity index is 3.16. The van der Waals surface area contributed by atoms with Crippen LogP contribution in [0.4, 0.5) is 11.4 Å². The number of hydrogen-bond acceptors (Lipinski definition) is 6. The highest BCUT2D eigenvalue weighted by atomic mass is 16.6. The summed E-state index contributed by atoms with van der Waals surface area (Å²) in [4.78, 5) is 45.2. The molecule has 0 saturated carbocycles. The molecule has 10 nitrogen and oxygen atoms in total. The van der Waals surface area contributed by atoms with Crippen LogP contribution in [-0.2, 0) is 4.79 Å². The smallest absolute Gasteiger partial charge is 0.277 e. The van der Waals surface area contributed by atoms with E-state index in [1.165, 1.54) is 0 Å². The normalized spacial score (nSPS) is 10.0. The summed E-state index contributed by atoms with van der Waals surface area (Å²) in [6, 6.07) is 2.68. The first-order valence-corrected chi connectivity index (χ1v) is 6.80. The average Bonchev–Trinajstić information content (AvgIpc) is 2.51. The van der Waals surface area contributed by atoms with Gasteiger partial charge in [-0.05, 0) is 13.8 Å². The van der Waals surface area contributed by atoms with Crippen molar-refractivity contribution in [3.63, 3.8) is 0 Å². The predicted octanol–water partition coefficient (Wildman–Crippen LogP) is 1.10. The van der Waals surface area contributed by atoms with Crippen LogP contribution in [0.3, 0.4) is 0 Å². The second kappa shape index (κ2) is 7.82. The van der Waals surface area contributed by atoms with Crippen molar-refractivity contribution < 1.29 is 19.4 Å². The van der Waals surface area contributed by atoms with Gasteiger partial charge in [-0.15, -0.1) is 0 Å². The van der Waals surface area contributed by atoms with E-state index in [2.05, 4.69) is 5.32 Å². The first kappa shape index (κ1) is 18.0. The van der Waals surface area contributed by atoms with Gasteiger partial charge in [0.05, 0.1) is 28.0 Å². The second-order valence-electron chi connectivity index (χ2n) is 4.53. The molecule has 23 heavy (non-hydrogen) atoms. The minimum atomic E-state index is -0.816. The van der Waals surface area contributed by atoms with Gasteiger partial charge >= 0.3 is 0 Å². The van der Waals surface area contributed by atoms with Crippen molar-refractivity contribution >= 4 is 23.2 Å². The van der Waals surface area contributed by atoms with Crippen LogP contribution < -0.4 is 5.32 Å². The Morgan fingerprint density at radius 1 is 1.09 bits per heavy atom. The van der Waals surface area contributed by atoms with E-state index in [0.29, 0.717) is 6.54 Å². The number of nitrogens with one attached hydrogen (secondary N) is 1. The number of nitrogens with zero attached hydrogens (tertiary/aromatic N) is 3. The minimum absolute atomic E-state index is 0.173. The maximum absolute atomic E-state index is 12.4. The lowest BCUT2D eigenvalue weighted by molar-refractivity contribution is -0.394. The number of carbonyl (C=O) groups is 2. The van der Waals surface area contributed by atoms with Gasteiger partial charge in [-0.25, -0.2) is 0 Å². The van der Waals surface area contributed by atoms with Crippen LogP contribution >= 0.6 is 0 Å². The minimum Gasteiger partial charge on any atom is -0.355 e. The zero-order valence-electron chi connectivity index (χ0n) is 12.6. The molecule has 0 radical (unpaired) electrons. The van der Waals surface area contributed by atoms with E-state index < -0.39 is 27.1 Å². The molecule has 1 aromatic carbocycles. The van der Waals surface area contributed by atoms with E-state index in [4.69, 9.17) is 0 Å². The first-order valence-electron chi connectivity index (χ1n) is 6.80. The Hall–Kier alpha value is -3.04. The average molecular weight is 324 g/mol. The standard InChI is InChI=1S/C13H16N4O6/c1-3-14-12(18)8-15(4-2)13(19)9-5-10(16(20)21)7-11(6-9)17(22)23/h5-7H,3-4,8H2,1-2H3,(H,14,18). The molecule has 10 heteroatoms. The number of rotatable bonds is 7. The monoisotopic (exact) mass is 324 g/mol. The van der Waals surface area contributed by atoms with E-state index in [9.17, 15) is 29.8 Å². The SMILES string of the molecule is CCNC(=O)CN(CC)C(=O)c1cc([N+](=O)[O-])cc([N+](=O)[O-])c1. The summed E-state index contributed by atoms with van der Waals surface area (Å²) in [7, 11) is 0. The van der Waals surface area contributed by atoms with Crippen molar-refractivity contribution in [2.75, 3.05) is 19.6 Å². The fraction of sp³-hybridized carbons (Fsp3) is 0.385. The summed E-state index contributed by atoms with van der Waals surface area (Å²) in [6.07, 6.45) is 0. The van der Waals surface area contributed by atoms with E-state index in [0.717, 1.165) is 23.1 Å². The Bertz CT molecular complexity index is 613. The van der Waals surface area contributed by atoms with Gasteiger partial charge in [-0.2, -0.15) is 0 Å². The van der Waals surface area contributed by atoms with Gasteiger partial charge in [-0.1, -0.05) is 0 Å². The summed E-state index contributed by atoms with van der Waals surface area (Å²) in [5.74, 6) is -1.08. The molecule has 1 aromatic rings. The van der Waals surface area contributed by atoms with Crippen LogP contribution in [0, 0.1) is 20.2 Å². The van der Waals surface area contributed by atoms with Gasteiger partial charge in [0.25, 0.3) is 17.3 Å². The van der Waals surface area contributed by atoms with Gasteiger partial charge in [0.2, 0.25) is 5.91 Å². The van der Waals surface area contributed by atoms with E-state index in [1.54, 1.807) is 13.8 Å². The van der Waals surface area contributed by atoms with Crippen LogP contribution in [0.2, 0.25) is 0 Å². The molecular weight excluding hydrogens is 308 g/mol. The predicted molar refractivity (Wildman–Crippen MR) is 80.0 cm³/mol. The molecule has 1 N–H and O–H groups in total. The molecule has 0 unspecified atom stereocenters. The summed E-state index contributed by atoms with van der Waals surface area (Å²) >= 11 is 0. The molecule has 2 amide bonds. The first-order chi connectivity index (χ1) is 10.8. The number of nitro groups is 2. The van der Waals surface area contributed by atoms with E-state index in [-0.39, 0.29) is 24.6 Å². The molecule has 0 aromatic heterocycles. The van der Waals surface area contributed by atoms with Gasteiger partial charge in [0.1, 0.15) is 0 Å². The quantitative estimate of drug-likeness (QED) is 0.589. The largest absolute Gasteiger partial charge is 0.355 e. The fourth-order valence-corrected chi connectivity index (χ4v) is 1.87. The Labute approximate surface area is 131 Å². The van der Waals surface area contributed by atoms with Crippen LogP contribution in [0.25, 0.3) is 0 Å². The number of benzene rings is 1. The lowest BCUT2D eigenvalue weighted by Crippen LogP contribution is -2.40. The third-order valence-corrected chi connectivity index (χ3v) is 2.95. The van der Waals surface area contributed by atoms with Crippen molar-refractivity contribution in [3.05, 3.63) is 44.0 Å². The van der Waals surface area contributed by atoms with Gasteiger partial charge in [0.15, 0.2) is 0 Å². The third-order valence-electron chi connectivity index (χ3n) is 2.95. The maximum atomic E-state index is 12.4. The fourth-order valence-electron chi connectivity index (χ4n) is 1.87. The van der Waals surface area contributed by atoms with Crippen LogP contribution in [-0.4, -0.2) is 46.2 Å². The number of amides is 2. The topological polar surface area (TPSA) is 136 Å². The number of non-ortho nitro benzene ring substituents is 2. The highest BCUT2D eigenvalue weighted by Crippen LogP contribution is 2.23. The number of carbonyl (C=O) groups excluding carboxylic acids is 2. The van der Waals surface area contributed by atoms with Crippen LogP contribution in [0.15, 0.2) is 18.2 Å². The molecule has 0 bridgehead atoms. The van der Waals surface area contributed by atoms with Crippen molar-refractivity contribution in [2.45, 2.75) is 13.8 Å². The number of likely N-dealkylation sites (N-methyl/N-ethyl adjacent to an activating group) is 2. The molecule has 1 rings (SSSR count). The summed E-state index contributed by atoms with van der Waals surface area (Å²) in [5, 5.41) is 24.2. The highest BCUT2D eigenvalue weighted by Gasteiger charge is 2.23. The third kappa shape index (κ3) is 4.73. The summed E-state index contributed by atoms with van der Waals surface area (Å²) in [5.41, 5.74) is -1.33. The van der Waals surface area contributed by atoms with Crippen LogP contribution in [0.1, 0.15) is 24.2 Å². The molecule has 0 spiro atoms. The van der Waals surface area contributed by atoms with E-state index in [1.807, 2.05) is 0 Å². The molecule has 0 saturated heterocycles. The Morgan fingerprint density at radius 2 is 1.61 bits per heavy atom. The molecular formula is C13H16N4O6. The van der Waals surface area contributed by atoms with Crippen molar-refractivity contribution in [1.29, 1.82) is 0 Å². The Kier molecular flexibility index (Phi) is 6.13. The van der Waals surface area contributed by atoms with Crippen LogP contribution in [0.5, 0.6) is 0 Å². The summed E-state index contributed by atoms with van der Waals surface area (Å²) in [6.45, 7) is 3.68. The van der Waals surface area contributed by atoms with Gasteiger partial charge in [-0.3, -0.25) is 29.8 Å². The lowest BCUT2D eigenvalue weighted by Gasteiger charge is -2.20. The van der Waals surface area contributed by atoms with Gasteiger partial charge in [0, 0.05) is 25.2 Å². The molecule has 0 aliphatic rings. The zero-order valence-corrected chi connectivity index (χ0v) is 12.6. The molecule has 0 fully saturated rings. The van der Waals surface area contributed by atoms with Crippen molar-refractivity contribution in [3.8, 4) is 0 Å². The Morgan fingerprint density at radius 3 is 2.00 bits per heavy atom. The summed E-state index contributed by atoms with van der Waals surface area (Å²) < 4.78 is 0. The number of nitro benzene ring substituents is 2. The van der Waals surface area contributed by atoms with E-state index >= 15 is 0 Å². The molecule has 0 heterocycles. The molecule has 124 valence electrons. The van der Waals surface area contributed by atoms with Gasteiger partial charge < -0.3 is 10.2 Å². The lowest BCUT2D eigenvalue weighted by atomic mass is 10.1. The maximum Gasteiger partial charge on any atom is 0.277 e. The van der Waals surface area contributed by atoms with Crippen molar-refractivity contribution in [2.24, 2.45) is 0 Å². The molecule has 0 aliphatic carbocycles. The number of hydrogen-bond donors (Lipinski definition) is 1.